The number of aliphatic hydroxyl groups excluding tert-OH is 1. The van der Waals surface area contributed by atoms with Crippen LogP contribution in [-0.4, -0.2) is 47.0 Å². The van der Waals surface area contributed by atoms with E-state index in [2.05, 4.69) is 9.82 Å². The Hall–Kier alpha value is -1.45. The largest absolute Gasteiger partial charge is 0.480 e. The molecular weight excluding hydrogens is 250 g/mol. The van der Waals surface area contributed by atoms with Gasteiger partial charge in [0.25, 0.3) is 0 Å². The molecule has 17 heavy (non-hydrogen) atoms. The summed E-state index contributed by atoms with van der Waals surface area (Å²) in [5.41, 5.74) is 0. The number of hydrogen-bond acceptors (Lipinski definition) is 5. The quantitative estimate of drug-likeness (QED) is 0.582. The first-order chi connectivity index (χ1) is 7.81. The summed E-state index contributed by atoms with van der Waals surface area (Å²) in [6, 6.07) is 0. The number of nitrogens with one attached hydrogen (secondary N) is 1. The number of aliphatic carboxylic acids is 1. The van der Waals surface area contributed by atoms with E-state index in [1.165, 1.54) is 6.92 Å². The summed E-state index contributed by atoms with van der Waals surface area (Å²) in [6.07, 6.45) is 1.35. The fourth-order valence-electron chi connectivity index (χ4n) is 1.02. The molecule has 0 radical (unpaired) electrons. The number of carbonyl (C=O) groups is 1. The summed E-state index contributed by atoms with van der Waals surface area (Å²) < 4.78 is 26.4. The smallest absolute Gasteiger partial charge is 0.325 e. The minimum absolute atomic E-state index is 0.119. The lowest BCUT2D eigenvalue weighted by Gasteiger charge is -2.05. The van der Waals surface area contributed by atoms with E-state index in [9.17, 15) is 13.2 Å². The van der Waals surface area contributed by atoms with Crippen molar-refractivity contribution in [3.8, 4) is 0 Å². The van der Waals surface area contributed by atoms with Crippen LogP contribution in [0.4, 0.5) is 0 Å². The molecule has 0 fully saturated rings. The fourth-order valence-corrected chi connectivity index (χ4v) is 2.10. The van der Waals surface area contributed by atoms with Crippen molar-refractivity contribution in [1.82, 2.24) is 14.5 Å². The van der Waals surface area contributed by atoms with Crippen LogP contribution in [-0.2, 0) is 21.4 Å². The molecule has 9 heteroatoms. The molecular formula is C8H13N3O5S. The van der Waals surface area contributed by atoms with Gasteiger partial charge in [0.05, 0.1) is 12.3 Å². The van der Waals surface area contributed by atoms with Gasteiger partial charge in [-0.2, -0.15) is 5.10 Å². The third-order valence-electron chi connectivity index (χ3n) is 1.79. The van der Waals surface area contributed by atoms with Crippen LogP contribution >= 0.6 is 0 Å². The third-order valence-corrected chi connectivity index (χ3v) is 3.16. The average Bonchev–Trinajstić information content (AvgIpc) is 2.63. The minimum atomic E-state index is -3.76. The van der Waals surface area contributed by atoms with Gasteiger partial charge in [0.1, 0.15) is 11.4 Å². The highest BCUT2D eigenvalue weighted by molar-refractivity contribution is 7.89. The average molecular weight is 263 g/mol. The topological polar surface area (TPSA) is 122 Å². The van der Waals surface area contributed by atoms with Crippen LogP contribution in [0.1, 0.15) is 6.92 Å². The summed E-state index contributed by atoms with van der Waals surface area (Å²) in [7, 11) is -3.76. The molecule has 1 rings (SSSR count). The molecule has 1 heterocycles. The molecule has 1 atom stereocenters. The van der Waals surface area contributed by atoms with Gasteiger partial charge in [-0.15, -0.1) is 0 Å². The van der Waals surface area contributed by atoms with Crippen molar-refractivity contribution in [1.29, 1.82) is 0 Å². The molecule has 0 aliphatic rings. The second-order valence-corrected chi connectivity index (χ2v) is 5.24. The standard InChI is InChI=1S/C8H13N3O5S/c1-6(12)2-10-17(15,16)7-3-9-11(4-7)5-8(13)14/h3-4,6,10,12H,2,5H2,1H3,(H,13,14)/t6-/m1/s1. The van der Waals surface area contributed by atoms with Crippen molar-refractivity contribution >= 4 is 16.0 Å². The number of aliphatic hydroxyl groups is 1. The number of aromatic nitrogens is 2. The summed E-state index contributed by atoms with van der Waals surface area (Å²) in [5, 5.41) is 21.1. The zero-order valence-corrected chi connectivity index (χ0v) is 9.88. The van der Waals surface area contributed by atoms with Crippen LogP contribution in [0, 0.1) is 0 Å². The van der Waals surface area contributed by atoms with E-state index in [1.807, 2.05) is 0 Å². The van der Waals surface area contributed by atoms with E-state index < -0.39 is 28.6 Å². The summed E-state index contributed by atoms with van der Waals surface area (Å²) in [5.74, 6) is -1.12. The predicted octanol–water partition coefficient (Wildman–Crippen LogP) is -1.37. The van der Waals surface area contributed by atoms with E-state index >= 15 is 0 Å². The molecule has 1 aromatic heterocycles. The van der Waals surface area contributed by atoms with Crippen LogP contribution in [0.3, 0.4) is 0 Å². The maximum atomic E-state index is 11.6. The summed E-state index contributed by atoms with van der Waals surface area (Å²) in [6.45, 7) is 0.911. The van der Waals surface area contributed by atoms with Gasteiger partial charge >= 0.3 is 5.97 Å². The molecule has 0 saturated carbocycles. The van der Waals surface area contributed by atoms with E-state index in [0.717, 1.165) is 17.1 Å². The van der Waals surface area contributed by atoms with E-state index in [-0.39, 0.29) is 11.4 Å². The van der Waals surface area contributed by atoms with E-state index in [1.54, 1.807) is 0 Å². The Morgan fingerprint density at radius 2 is 2.29 bits per heavy atom. The highest BCUT2D eigenvalue weighted by Gasteiger charge is 2.17. The normalized spacial score (nSPS) is 13.5. The monoisotopic (exact) mass is 263 g/mol. The molecule has 3 N–H and O–H groups in total. The molecule has 0 aromatic carbocycles. The first kappa shape index (κ1) is 13.6. The second-order valence-electron chi connectivity index (χ2n) is 3.47. The number of nitrogens with zero attached hydrogens (tertiary/aromatic N) is 2. The second kappa shape index (κ2) is 5.25. The molecule has 96 valence electrons. The van der Waals surface area contributed by atoms with E-state index in [0.29, 0.717) is 0 Å². The fraction of sp³-hybridized carbons (Fsp3) is 0.500. The Labute approximate surface area is 97.9 Å². The van der Waals surface area contributed by atoms with Crippen LogP contribution in [0.2, 0.25) is 0 Å². The van der Waals surface area contributed by atoms with Crippen molar-refractivity contribution in [2.24, 2.45) is 0 Å². The Balaban J connectivity index is 2.78. The predicted molar refractivity (Wildman–Crippen MR) is 56.7 cm³/mol. The Kier molecular flexibility index (Phi) is 4.21. The molecule has 0 spiro atoms. The zero-order chi connectivity index (χ0) is 13.1. The van der Waals surface area contributed by atoms with Crippen LogP contribution in [0.25, 0.3) is 0 Å². The zero-order valence-electron chi connectivity index (χ0n) is 9.07. The van der Waals surface area contributed by atoms with Gasteiger partial charge in [-0.3, -0.25) is 9.48 Å². The van der Waals surface area contributed by atoms with Crippen LogP contribution < -0.4 is 4.72 Å². The molecule has 8 nitrogen and oxygen atoms in total. The number of hydrogen-bond donors (Lipinski definition) is 3. The van der Waals surface area contributed by atoms with Gasteiger partial charge in [0, 0.05) is 12.7 Å². The maximum absolute atomic E-state index is 11.6. The maximum Gasteiger partial charge on any atom is 0.325 e. The van der Waals surface area contributed by atoms with Gasteiger partial charge in [-0.25, -0.2) is 13.1 Å². The molecule has 1 aromatic rings. The Morgan fingerprint density at radius 3 is 2.82 bits per heavy atom. The molecule has 0 aliphatic carbocycles. The van der Waals surface area contributed by atoms with Gasteiger partial charge in [0.15, 0.2) is 0 Å². The Morgan fingerprint density at radius 1 is 1.65 bits per heavy atom. The summed E-state index contributed by atoms with van der Waals surface area (Å²) in [4.78, 5) is 10.2. The first-order valence-electron chi connectivity index (χ1n) is 4.73. The first-order valence-corrected chi connectivity index (χ1v) is 6.21. The van der Waals surface area contributed by atoms with Crippen LogP contribution in [0.15, 0.2) is 17.3 Å². The number of carboxylic acid groups (broad SMARTS) is 1. The SMILES string of the molecule is C[C@@H](O)CNS(=O)(=O)c1cnn(CC(=O)O)c1. The summed E-state index contributed by atoms with van der Waals surface area (Å²) >= 11 is 0. The van der Waals surface area contributed by atoms with Gasteiger partial charge in [-0.05, 0) is 6.92 Å². The molecule has 0 unspecified atom stereocenters. The van der Waals surface area contributed by atoms with E-state index in [4.69, 9.17) is 10.2 Å². The van der Waals surface area contributed by atoms with Crippen LogP contribution in [0.5, 0.6) is 0 Å². The lowest BCUT2D eigenvalue weighted by atomic mass is 10.4. The molecule has 0 amide bonds. The third kappa shape index (κ3) is 4.13. The molecule has 0 saturated heterocycles. The van der Waals surface area contributed by atoms with Crippen molar-refractivity contribution in [2.45, 2.75) is 24.5 Å². The number of carboxylic acids is 1. The number of sulfonamides is 1. The molecule has 0 bridgehead atoms. The Bertz CT molecular complexity index is 493. The van der Waals surface area contributed by atoms with Crippen molar-refractivity contribution in [3.05, 3.63) is 12.4 Å². The van der Waals surface area contributed by atoms with Crippen molar-refractivity contribution in [2.75, 3.05) is 6.54 Å². The number of rotatable bonds is 6. The molecule has 0 aliphatic heterocycles. The lowest BCUT2D eigenvalue weighted by Crippen LogP contribution is -2.30. The lowest BCUT2D eigenvalue weighted by molar-refractivity contribution is -0.137. The highest BCUT2D eigenvalue weighted by atomic mass is 32.2. The highest BCUT2D eigenvalue weighted by Crippen LogP contribution is 2.06. The van der Waals surface area contributed by atoms with Crippen molar-refractivity contribution in [3.63, 3.8) is 0 Å². The van der Waals surface area contributed by atoms with Gasteiger partial charge < -0.3 is 10.2 Å². The minimum Gasteiger partial charge on any atom is -0.480 e. The van der Waals surface area contributed by atoms with Gasteiger partial charge in [0.2, 0.25) is 10.0 Å². The van der Waals surface area contributed by atoms with Crippen molar-refractivity contribution < 1.29 is 23.4 Å². The van der Waals surface area contributed by atoms with Gasteiger partial charge in [-0.1, -0.05) is 0 Å².